The Morgan fingerprint density at radius 2 is 2.04 bits per heavy atom. The number of anilines is 1. The van der Waals surface area contributed by atoms with E-state index in [2.05, 4.69) is 27.2 Å². The Morgan fingerprint density at radius 1 is 1.25 bits per heavy atom. The molecule has 4 heterocycles. The molecule has 3 aliphatic rings. The molecule has 1 N–H and O–H groups in total. The summed E-state index contributed by atoms with van der Waals surface area (Å²) in [7, 11) is 2.26. The zero-order valence-electron chi connectivity index (χ0n) is 14.1. The molecular weight excluding hydrogens is 328 g/mol. The van der Waals surface area contributed by atoms with Gasteiger partial charge >= 0.3 is 0 Å². The van der Waals surface area contributed by atoms with Crippen LogP contribution in [0.25, 0.3) is 0 Å². The maximum Gasteiger partial charge on any atom is 0.227 e. The Morgan fingerprint density at radius 3 is 2.75 bits per heavy atom. The maximum absolute atomic E-state index is 6.16. The van der Waals surface area contributed by atoms with Crippen LogP contribution in [0.5, 0.6) is 5.88 Å². The molecule has 24 heavy (non-hydrogen) atoms. The van der Waals surface area contributed by atoms with E-state index in [0.717, 1.165) is 25.9 Å². The molecule has 132 valence electrons. The molecule has 0 amide bonds. The number of hydrogen-bond donors (Lipinski definition) is 1. The van der Waals surface area contributed by atoms with Crippen LogP contribution >= 0.6 is 11.6 Å². The first-order chi connectivity index (χ1) is 11.7. The van der Waals surface area contributed by atoms with E-state index in [4.69, 9.17) is 21.1 Å². The van der Waals surface area contributed by atoms with Gasteiger partial charge in [0.2, 0.25) is 11.8 Å². The zero-order valence-corrected chi connectivity index (χ0v) is 14.8. The molecule has 0 aromatic carbocycles. The van der Waals surface area contributed by atoms with Gasteiger partial charge in [0.15, 0.2) is 0 Å². The second kappa shape index (κ2) is 7.02. The van der Waals surface area contributed by atoms with Crippen molar-refractivity contribution in [3.05, 3.63) is 11.2 Å². The highest BCUT2D eigenvalue weighted by atomic mass is 35.5. The summed E-state index contributed by atoms with van der Waals surface area (Å²) in [5.74, 6) is 1.10. The molecule has 2 bridgehead atoms. The van der Waals surface area contributed by atoms with E-state index in [1.807, 2.05) is 0 Å². The Balaban J connectivity index is 1.43. The highest BCUT2D eigenvalue weighted by Crippen LogP contribution is 2.33. The molecule has 6 nitrogen and oxygen atoms in total. The predicted molar refractivity (Wildman–Crippen MR) is 92.7 cm³/mol. The lowest BCUT2D eigenvalue weighted by Crippen LogP contribution is -2.52. The lowest BCUT2D eigenvalue weighted by molar-refractivity contribution is 0.0607. The minimum absolute atomic E-state index is 0.0616. The van der Waals surface area contributed by atoms with Gasteiger partial charge in [0.25, 0.3) is 0 Å². The number of hydrogen-bond acceptors (Lipinski definition) is 6. The van der Waals surface area contributed by atoms with Gasteiger partial charge in [-0.05, 0) is 32.7 Å². The van der Waals surface area contributed by atoms with E-state index in [-0.39, 0.29) is 6.10 Å². The zero-order chi connectivity index (χ0) is 16.5. The molecule has 0 saturated carbocycles. The van der Waals surface area contributed by atoms with Gasteiger partial charge in [-0.15, -0.1) is 0 Å². The molecule has 7 heteroatoms. The summed E-state index contributed by atoms with van der Waals surface area (Å²) >= 11 is 6.16. The summed E-state index contributed by atoms with van der Waals surface area (Å²) in [6.07, 6.45) is 7.15. The third-order valence-corrected chi connectivity index (χ3v) is 5.71. The van der Waals surface area contributed by atoms with Crippen molar-refractivity contribution in [3.63, 3.8) is 0 Å². The molecule has 3 aliphatic heterocycles. The smallest absolute Gasteiger partial charge is 0.227 e. The number of fused-ring (bicyclic) bond motifs is 2. The van der Waals surface area contributed by atoms with Gasteiger partial charge in [-0.2, -0.15) is 4.98 Å². The van der Waals surface area contributed by atoms with Crippen molar-refractivity contribution in [2.45, 2.75) is 62.8 Å². The monoisotopic (exact) mass is 352 g/mol. The van der Waals surface area contributed by atoms with Crippen LogP contribution in [-0.4, -0.2) is 59.4 Å². The Hall–Kier alpha value is -1.11. The summed E-state index contributed by atoms with van der Waals surface area (Å²) in [5, 5.41) is 3.90. The number of halogens is 1. The summed E-state index contributed by atoms with van der Waals surface area (Å²) < 4.78 is 11.2. The lowest BCUT2D eigenvalue weighted by Gasteiger charge is -2.47. The van der Waals surface area contributed by atoms with Crippen molar-refractivity contribution in [1.82, 2.24) is 14.9 Å². The van der Waals surface area contributed by atoms with Crippen LogP contribution < -0.4 is 10.1 Å². The van der Waals surface area contributed by atoms with Crippen LogP contribution in [0.2, 0.25) is 5.15 Å². The van der Waals surface area contributed by atoms with Crippen LogP contribution in [0.15, 0.2) is 6.07 Å². The van der Waals surface area contributed by atoms with Crippen LogP contribution in [0.3, 0.4) is 0 Å². The van der Waals surface area contributed by atoms with E-state index < -0.39 is 0 Å². The Kier molecular flexibility index (Phi) is 4.79. The molecule has 0 spiro atoms. The molecule has 3 saturated heterocycles. The molecule has 3 fully saturated rings. The summed E-state index contributed by atoms with van der Waals surface area (Å²) in [5.41, 5.74) is 0. The van der Waals surface area contributed by atoms with Crippen LogP contribution in [-0.2, 0) is 4.74 Å². The van der Waals surface area contributed by atoms with E-state index in [1.54, 1.807) is 6.07 Å². The normalized spacial score (nSPS) is 33.4. The van der Waals surface area contributed by atoms with Crippen molar-refractivity contribution in [3.8, 4) is 5.88 Å². The third kappa shape index (κ3) is 3.60. The fourth-order valence-electron chi connectivity index (χ4n) is 4.21. The fourth-order valence-corrected chi connectivity index (χ4v) is 4.39. The number of nitrogens with zero attached hydrogens (tertiary/aromatic N) is 3. The highest BCUT2D eigenvalue weighted by Gasteiger charge is 2.36. The Labute approximate surface area is 147 Å². The summed E-state index contributed by atoms with van der Waals surface area (Å²) in [6, 6.07) is 3.41. The summed E-state index contributed by atoms with van der Waals surface area (Å²) in [4.78, 5) is 11.4. The largest absolute Gasteiger partial charge is 0.472 e. The second-order valence-corrected chi connectivity index (χ2v) is 7.56. The highest BCUT2D eigenvalue weighted by molar-refractivity contribution is 6.29. The SMILES string of the molecule is CN1C2CCCC1CC(Nc1nc(Cl)cc(O[C@H]3CCOC3)n1)C2. The molecule has 1 aromatic heterocycles. The molecule has 1 aromatic rings. The first-order valence-electron chi connectivity index (χ1n) is 8.95. The average molecular weight is 353 g/mol. The summed E-state index contributed by atoms with van der Waals surface area (Å²) in [6.45, 7) is 1.36. The van der Waals surface area contributed by atoms with Gasteiger partial charge in [0.05, 0.1) is 13.2 Å². The van der Waals surface area contributed by atoms with E-state index >= 15 is 0 Å². The van der Waals surface area contributed by atoms with Gasteiger partial charge in [-0.3, -0.25) is 0 Å². The Bertz CT molecular complexity index is 568. The third-order valence-electron chi connectivity index (χ3n) is 5.52. The van der Waals surface area contributed by atoms with Crippen LogP contribution in [0.4, 0.5) is 5.95 Å². The maximum atomic E-state index is 6.16. The molecule has 0 radical (unpaired) electrons. The van der Waals surface area contributed by atoms with Gasteiger partial charge in [-0.25, -0.2) is 4.98 Å². The molecule has 3 atom stereocenters. The van der Waals surface area contributed by atoms with E-state index in [0.29, 0.717) is 41.7 Å². The van der Waals surface area contributed by atoms with Crippen molar-refractivity contribution >= 4 is 17.5 Å². The standard InChI is InChI=1S/C17H25ClN4O2/c1-22-12-3-2-4-13(22)8-11(7-12)19-17-20-15(18)9-16(21-17)24-14-5-6-23-10-14/h9,11-14H,2-8,10H2,1H3,(H,19,20,21)/t11?,12?,13?,14-/m0/s1. The van der Waals surface area contributed by atoms with Crippen molar-refractivity contribution in [2.24, 2.45) is 0 Å². The first kappa shape index (κ1) is 16.4. The van der Waals surface area contributed by atoms with Crippen molar-refractivity contribution in [2.75, 3.05) is 25.6 Å². The van der Waals surface area contributed by atoms with Gasteiger partial charge in [-0.1, -0.05) is 18.0 Å². The first-order valence-corrected chi connectivity index (χ1v) is 9.32. The van der Waals surface area contributed by atoms with Crippen molar-refractivity contribution in [1.29, 1.82) is 0 Å². The fraction of sp³-hybridized carbons (Fsp3) is 0.765. The average Bonchev–Trinajstić information content (AvgIpc) is 3.00. The molecule has 0 aliphatic carbocycles. The molecular formula is C17H25ClN4O2. The minimum Gasteiger partial charge on any atom is -0.472 e. The number of piperidine rings is 2. The van der Waals surface area contributed by atoms with Gasteiger partial charge < -0.3 is 19.7 Å². The number of ether oxygens (including phenoxy) is 2. The lowest BCUT2D eigenvalue weighted by atomic mass is 9.82. The number of rotatable bonds is 4. The number of nitrogens with one attached hydrogen (secondary N) is 1. The molecule has 4 rings (SSSR count). The second-order valence-electron chi connectivity index (χ2n) is 7.17. The minimum atomic E-state index is 0.0616. The van der Waals surface area contributed by atoms with Crippen LogP contribution in [0, 0.1) is 0 Å². The predicted octanol–water partition coefficient (Wildman–Crippen LogP) is 2.72. The van der Waals surface area contributed by atoms with Crippen molar-refractivity contribution < 1.29 is 9.47 Å². The quantitative estimate of drug-likeness (QED) is 0.841. The number of aromatic nitrogens is 2. The van der Waals surface area contributed by atoms with Crippen LogP contribution in [0.1, 0.15) is 38.5 Å². The van der Waals surface area contributed by atoms with E-state index in [1.165, 1.54) is 19.3 Å². The van der Waals surface area contributed by atoms with Gasteiger partial charge in [0, 0.05) is 30.6 Å². The van der Waals surface area contributed by atoms with Gasteiger partial charge in [0.1, 0.15) is 11.3 Å². The topological polar surface area (TPSA) is 59.5 Å². The molecule has 2 unspecified atom stereocenters. The van der Waals surface area contributed by atoms with E-state index in [9.17, 15) is 0 Å².